The third kappa shape index (κ3) is 3.48. The van der Waals surface area contributed by atoms with E-state index in [1.807, 2.05) is 0 Å². The van der Waals surface area contributed by atoms with Crippen LogP contribution in [0.3, 0.4) is 0 Å². The maximum Gasteiger partial charge on any atom is 0.335 e. The molecule has 0 spiro atoms. The van der Waals surface area contributed by atoms with Gasteiger partial charge in [-0.05, 0) is 36.2 Å². The molecule has 0 saturated heterocycles. The molecule has 0 heterocycles. The van der Waals surface area contributed by atoms with Gasteiger partial charge in [-0.2, -0.15) is 0 Å². The van der Waals surface area contributed by atoms with E-state index in [0.29, 0.717) is 11.3 Å². The summed E-state index contributed by atoms with van der Waals surface area (Å²) in [6.07, 6.45) is 1.43. The van der Waals surface area contributed by atoms with Crippen LogP contribution in [0.1, 0.15) is 21.5 Å². The van der Waals surface area contributed by atoms with Gasteiger partial charge >= 0.3 is 5.97 Å². The highest BCUT2D eigenvalue weighted by molar-refractivity contribution is 6.32. The summed E-state index contributed by atoms with van der Waals surface area (Å²) in [5, 5.41) is 19.9. The Morgan fingerprint density at radius 1 is 1.32 bits per heavy atom. The van der Waals surface area contributed by atoms with Gasteiger partial charge < -0.3 is 5.11 Å². The molecule has 0 aliphatic rings. The Balaban J connectivity index is 2.36. The predicted octanol–water partition coefficient (Wildman–Crippen LogP) is 4.01. The van der Waals surface area contributed by atoms with E-state index in [4.69, 9.17) is 16.7 Å². The topological polar surface area (TPSA) is 92.8 Å². The lowest BCUT2D eigenvalue weighted by molar-refractivity contribution is -0.384. The van der Waals surface area contributed by atoms with Gasteiger partial charge in [0.2, 0.25) is 0 Å². The minimum Gasteiger partial charge on any atom is -0.478 e. The first-order valence-electron chi connectivity index (χ1n) is 6.20. The van der Waals surface area contributed by atoms with Crippen molar-refractivity contribution in [3.63, 3.8) is 0 Å². The zero-order valence-corrected chi connectivity index (χ0v) is 12.2. The van der Waals surface area contributed by atoms with Gasteiger partial charge in [0.1, 0.15) is 5.02 Å². The van der Waals surface area contributed by atoms with Crippen molar-refractivity contribution in [1.29, 1.82) is 0 Å². The van der Waals surface area contributed by atoms with Crippen molar-refractivity contribution in [2.75, 3.05) is 0 Å². The van der Waals surface area contributed by atoms with E-state index in [9.17, 15) is 14.9 Å². The average molecular weight is 319 g/mol. The van der Waals surface area contributed by atoms with E-state index in [1.54, 1.807) is 19.1 Å². The summed E-state index contributed by atoms with van der Waals surface area (Å²) in [4.78, 5) is 25.4. The Bertz CT molecular complexity index is 787. The van der Waals surface area contributed by atoms with Gasteiger partial charge in [-0.3, -0.25) is 15.1 Å². The number of aromatic carboxylic acids is 1. The van der Waals surface area contributed by atoms with Crippen molar-refractivity contribution >= 4 is 35.2 Å². The van der Waals surface area contributed by atoms with E-state index in [2.05, 4.69) is 4.99 Å². The fourth-order valence-corrected chi connectivity index (χ4v) is 1.96. The Kier molecular flexibility index (Phi) is 4.53. The summed E-state index contributed by atoms with van der Waals surface area (Å²) >= 11 is 5.74. The van der Waals surface area contributed by atoms with Crippen LogP contribution >= 0.6 is 11.6 Å². The molecule has 0 aromatic heterocycles. The molecule has 22 heavy (non-hydrogen) atoms. The minimum atomic E-state index is -1.04. The molecular formula is C15H11ClN2O4. The summed E-state index contributed by atoms with van der Waals surface area (Å²) in [5.41, 5.74) is 1.69. The molecule has 0 radical (unpaired) electrons. The number of hydrogen-bond acceptors (Lipinski definition) is 4. The van der Waals surface area contributed by atoms with Crippen LogP contribution in [-0.2, 0) is 0 Å². The number of carbonyl (C=O) groups is 1. The fourth-order valence-electron chi connectivity index (χ4n) is 1.78. The van der Waals surface area contributed by atoms with Gasteiger partial charge in [-0.25, -0.2) is 4.79 Å². The number of rotatable bonds is 4. The second-order valence-electron chi connectivity index (χ2n) is 4.53. The molecule has 0 aliphatic heterocycles. The van der Waals surface area contributed by atoms with Crippen molar-refractivity contribution in [2.45, 2.75) is 6.92 Å². The van der Waals surface area contributed by atoms with E-state index >= 15 is 0 Å². The number of halogens is 1. The number of nitro benzene ring substituents is 1. The van der Waals surface area contributed by atoms with Crippen LogP contribution in [0.15, 0.2) is 41.4 Å². The highest BCUT2D eigenvalue weighted by atomic mass is 35.5. The molecule has 6 nitrogen and oxygen atoms in total. The van der Waals surface area contributed by atoms with E-state index < -0.39 is 10.9 Å². The van der Waals surface area contributed by atoms with Crippen molar-refractivity contribution in [3.8, 4) is 0 Å². The lowest BCUT2D eigenvalue weighted by atomic mass is 10.1. The molecule has 2 rings (SSSR count). The standard InChI is InChI=1S/C15H11ClN2O4/c1-9-2-4-11(15(19)20)7-13(9)17-8-10-3-5-12(16)14(6-10)18(21)22/h2-8H,1H3,(H,19,20). The number of aryl methyl sites for hydroxylation is 1. The Morgan fingerprint density at radius 2 is 2.05 bits per heavy atom. The molecule has 0 bridgehead atoms. The maximum atomic E-state index is 11.0. The number of aliphatic imine (C=N–C) groups is 1. The van der Waals surface area contributed by atoms with Crippen molar-refractivity contribution in [2.24, 2.45) is 4.99 Å². The van der Waals surface area contributed by atoms with Gasteiger partial charge in [-0.15, -0.1) is 0 Å². The number of carboxylic acid groups (broad SMARTS) is 1. The number of hydrogen-bond donors (Lipinski definition) is 1. The summed E-state index contributed by atoms with van der Waals surface area (Å²) in [6.45, 7) is 1.79. The van der Waals surface area contributed by atoms with Gasteiger partial charge in [0, 0.05) is 12.3 Å². The van der Waals surface area contributed by atoms with Crippen LogP contribution in [0.5, 0.6) is 0 Å². The lowest BCUT2D eigenvalue weighted by Crippen LogP contribution is -1.95. The zero-order chi connectivity index (χ0) is 16.3. The molecule has 0 fully saturated rings. The maximum absolute atomic E-state index is 11.0. The monoisotopic (exact) mass is 318 g/mol. The minimum absolute atomic E-state index is 0.0474. The SMILES string of the molecule is Cc1ccc(C(=O)O)cc1N=Cc1ccc(Cl)c([N+](=O)[O-])c1. The molecular weight excluding hydrogens is 308 g/mol. The quantitative estimate of drug-likeness (QED) is 0.523. The van der Waals surface area contributed by atoms with Crippen LogP contribution in [0.25, 0.3) is 0 Å². The van der Waals surface area contributed by atoms with Gasteiger partial charge in [0.15, 0.2) is 0 Å². The number of nitro groups is 1. The van der Waals surface area contributed by atoms with E-state index in [0.717, 1.165) is 5.56 Å². The van der Waals surface area contributed by atoms with Crippen LogP contribution in [-0.4, -0.2) is 22.2 Å². The molecule has 0 aliphatic carbocycles. The molecule has 0 amide bonds. The molecule has 7 heteroatoms. The predicted molar refractivity (Wildman–Crippen MR) is 83.5 cm³/mol. The number of benzene rings is 2. The summed E-state index contributed by atoms with van der Waals surface area (Å²) in [7, 11) is 0. The van der Waals surface area contributed by atoms with E-state index in [1.165, 1.54) is 30.5 Å². The second-order valence-corrected chi connectivity index (χ2v) is 4.94. The molecule has 112 valence electrons. The average Bonchev–Trinajstić information content (AvgIpc) is 2.47. The highest BCUT2D eigenvalue weighted by Crippen LogP contribution is 2.25. The fraction of sp³-hybridized carbons (Fsp3) is 0.0667. The first-order valence-corrected chi connectivity index (χ1v) is 6.58. The van der Waals surface area contributed by atoms with Gasteiger partial charge in [0.25, 0.3) is 5.69 Å². The normalized spacial score (nSPS) is 10.8. The largest absolute Gasteiger partial charge is 0.478 e. The second kappa shape index (κ2) is 6.36. The first kappa shape index (κ1) is 15.7. The number of nitrogens with zero attached hydrogens (tertiary/aromatic N) is 2. The molecule has 1 N–H and O–H groups in total. The molecule has 2 aromatic rings. The Labute approximate surface area is 130 Å². The summed E-state index contributed by atoms with van der Waals surface area (Å²) in [6, 6.07) is 8.90. The van der Waals surface area contributed by atoms with Crippen LogP contribution in [0, 0.1) is 17.0 Å². The smallest absolute Gasteiger partial charge is 0.335 e. The van der Waals surface area contributed by atoms with Gasteiger partial charge in [-0.1, -0.05) is 23.7 Å². The van der Waals surface area contributed by atoms with Crippen molar-refractivity contribution in [1.82, 2.24) is 0 Å². The third-order valence-electron chi connectivity index (χ3n) is 2.98. The lowest BCUT2D eigenvalue weighted by Gasteiger charge is -2.02. The van der Waals surface area contributed by atoms with Crippen molar-refractivity contribution < 1.29 is 14.8 Å². The molecule has 0 atom stereocenters. The Morgan fingerprint density at radius 3 is 2.68 bits per heavy atom. The Hall–Kier alpha value is -2.73. The molecule has 0 saturated carbocycles. The van der Waals surface area contributed by atoms with Gasteiger partial charge in [0.05, 0.1) is 16.2 Å². The van der Waals surface area contributed by atoms with Crippen molar-refractivity contribution in [3.05, 3.63) is 68.2 Å². The highest BCUT2D eigenvalue weighted by Gasteiger charge is 2.12. The summed E-state index contributed by atoms with van der Waals surface area (Å²) in [5.74, 6) is -1.04. The molecule has 2 aromatic carbocycles. The van der Waals surface area contributed by atoms with Crippen LogP contribution in [0.2, 0.25) is 5.02 Å². The third-order valence-corrected chi connectivity index (χ3v) is 3.30. The van der Waals surface area contributed by atoms with E-state index in [-0.39, 0.29) is 16.3 Å². The summed E-state index contributed by atoms with van der Waals surface area (Å²) < 4.78 is 0. The molecule has 0 unspecified atom stereocenters. The van der Waals surface area contributed by atoms with Crippen LogP contribution < -0.4 is 0 Å². The zero-order valence-electron chi connectivity index (χ0n) is 11.5. The van der Waals surface area contributed by atoms with Crippen LogP contribution in [0.4, 0.5) is 11.4 Å². The number of carboxylic acids is 1. The first-order chi connectivity index (χ1) is 10.4.